The van der Waals surface area contributed by atoms with Crippen molar-refractivity contribution in [3.8, 4) is 0 Å². The summed E-state index contributed by atoms with van der Waals surface area (Å²) in [6.45, 7) is 6.06. The zero-order valence-corrected chi connectivity index (χ0v) is 20.5. The average molecular weight is 459 g/mol. The van der Waals surface area contributed by atoms with Crippen LogP contribution in [0.2, 0.25) is 0 Å². The fourth-order valence-electron chi connectivity index (χ4n) is 4.70. The topological polar surface area (TPSA) is 68.7 Å². The highest BCUT2D eigenvalue weighted by Crippen LogP contribution is 2.34. The van der Waals surface area contributed by atoms with Gasteiger partial charge >= 0.3 is 5.97 Å². The smallest absolute Gasteiger partial charge is 0.337 e. The van der Waals surface area contributed by atoms with E-state index in [1.54, 1.807) is 6.20 Å². The maximum absolute atomic E-state index is 11.5. The molecule has 0 saturated heterocycles. The van der Waals surface area contributed by atoms with E-state index in [1.807, 2.05) is 0 Å². The molecule has 1 atom stereocenters. The van der Waals surface area contributed by atoms with E-state index in [0.717, 1.165) is 19.4 Å². The third kappa shape index (κ3) is 5.23. The van der Waals surface area contributed by atoms with Gasteiger partial charge in [0.15, 0.2) is 0 Å². The molecular weight excluding hydrogens is 424 g/mol. The van der Waals surface area contributed by atoms with Crippen LogP contribution in [-0.2, 0) is 12.8 Å². The van der Waals surface area contributed by atoms with Gasteiger partial charge in [0.05, 0.1) is 23.5 Å². The summed E-state index contributed by atoms with van der Waals surface area (Å²) in [7, 11) is 4.23. The van der Waals surface area contributed by atoms with Crippen LogP contribution in [0, 0.1) is 5.92 Å². The normalized spacial score (nSPS) is 15.7. The highest BCUT2D eigenvalue weighted by molar-refractivity contribution is 5.93. The standard InChI is InChI=1S/C28H34N4O2/c1-19(2)15-20-5-7-22(8-6-20)32(4)23-9-10-24-21(16-23)12-14-31(3)27(24)18-30-26-17-29-13-11-25(26)28(33)34/h5-11,13,16-17,19,27,30H,12,14-15,18H2,1-4H3,(H,33,34)/t27-/m0/s1. The third-order valence-corrected chi connectivity index (χ3v) is 6.64. The predicted octanol–water partition coefficient (Wildman–Crippen LogP) is 5.39. The van der Waals surface area contributed by atoms with Crippen LogP contribution in [0.5, 0.6) is 0 Å². The molecule has 0 saturated carbocycles. The molecule has 0 radical (unpaired) electrons. The molecule has 178 valence electrons. The Kier molecular flexibility index (Phi) is 7.17. The summed E-state index contributed by atoms with van der Waals surface area (Å²) in [5, 5.41) is 12.8. The lowest BCUT2D eigenvalue weighted by Gasteiger charge is -2.36. The van der Waals surface area contributed by atoms with Crippen LogP contribution in [0.3, 0.4) is 0 Å². The monoisotopic (exact) mass is 458 g/mol. The van der Waals surface area contributed by atoms with Crippen molar-refractivity contribution in [1.82, 2.24) is 9.88 Å². The molecule has 0 unspecified atom stereocenters. The number of hydrogen-bond acceptors (Lipinski definition) is 5. The van der Waals surface area contributed by atoms with Crippen LogP contribution in [-0.4, -0.2) is 48.1 Å². The second-order valence-corrected chi connectivity index (χ2v) is 9.56. The number of carbonyl (C=O) groups is 1. The number of benzene rings is 2. The number of aromatic nitrogens is 1. The number of anilines is 3. The molecule has 0 fully saturated rings. The molecule has 2 aromatic carbocycles. The Labute approximate surface area is 202 Å². The first-order chi connectivity index (χ1) is 16.3. The van der Waals surface area contributed by atoms with Crippen molar-refractivity contribution < 1.29 is 9.90 Å². The van der Waals surface area contributed by atoms with Crippen LogP contribution in [0.25, 0.3) is 0 Å². The first kappa shape index (κ1) is 23.8. The van der Waals surface area contributed by atoms with Gasteiger partial charge in [0, 0.05) is 37.7 Å². The van der Waals surface area contributed by atoms with Crippen molar-refractivity contribution in [1.29, 1.82) is 0 Å². The van der Waals surface area contributed by atoms with E-state index in [0.29, 0.717) is 18.2 Å². The molecule has 34 heavy (non-hydrogen) atoms. The van der Waals surface area contributed by atoms with Gasteiger partial charge in [0.1, 0.15) is 0 Å². The third-order valence-electron chi connectivity index (χ3n) is 6.64. The predicted molar refractivity (Wildman–Crippen MR) is 138 cm³/mol. The fourth-order valence-corrected chi connectivity index (χ4v) is 4.70. The number of rotatable bonds is 8. The summed E-state index contributed by atoms with van der Waals surface area (Å²) in [5.74, 6) is -0.300. The van der Waals surface area contributed by atoms with Crippen LogP contribution in [0.1, 0.15) is 46.9 Å². The molecule has 1 aromatic heterocycles. The van der Waals surface area contributed by atoms with Crippen molar-refractivity contribution in [3.05, 3.63) is 83.2 Å². The number of nitrogens with one attached hydrogen (secondary N) is 1. The Morgan fingerprint density at radius 2 is 1.91 bits per heavy atom. The van der Waals surface area contributed by atoms with Gasteiger partial charge in [0.2, 0.25) is 0 Å². The van der Waals surface area contributed by atoms with Gasteiger partial charge in [-0.3, -0.25) is 9.88 Å². The second-order valence-electron chi connectivity index (χ2n) is 9.56. The molecule has 2 heterocycles. The molecule has 0 spiro atoms. The van der Waals surface area contributed by atoms with E-state index in [2.05, 4.69) is 90.5 Å². The van der Waals surface area contributed by atoms with Gasteiger partial charge in [0.25, 0.3) is 0 Å². The van der Waals surface area contributed by atoms with Gasteiger partial charge in [-0.2, -0.15) is 0 Å². The Hall–Kier alpha value is -3.38. The van der Waals surface area contributed by atoms with E-state index in [-0.39, 0.29) is 11.6 Å². The van der Waals surface area contributed by atoms with Gasteiger partial charge < -0.3 is 15.3 Å². The molecule has 1 aliphatic heterocycles. The Morgan fingerprint density at radius 1 is 1.18 bits per heavy atom. The SMILES string of the molecule is CC(C)Cc1ccc(N(C)c2ccc3c(c2)CCN(C)[C@H]3CNc2cnccc2C(=O)O)cc1. The number of nitrogens with zero attached hydrogens (tertiary/aromatic N) is 3. The second kappa shape index (κ2) is 10.3. The lowest BCUT2D eigenvalue weighted by molar-refractivity contribution is 0.0697. The highest BCUT2D eigenvalue weighted by Gasteiger charge is 2.25. The highest BCUT2D eigenvalue weighted by atomic mass is 16.4. The minimum absolute atomic E-state index is 0.153. The van der Waals surface area contributed by atoms with Crippen molar-refractivity contribution in [2.75, 3.05) is 37.4 Å². The average Bonchev–Trinajstić information content (AvgIpc) is 2.83. The molecule has 2 N–H and O–H groups in total. The van der Waals surface area contributed by atoms with Crippen molar-refractivity contribution >= 4 is 23.0 Å². The molecule has 6 heteroatoms. The van der Waals surface area contributed by atoms with Gasteiger partial charge in [-0.15, -0.1) is 0 Å². The molecular formula is C28H34N4O2. The Bertz CT molecular complexity index is 1140. The van der Waals surface area contributed by atoms with Crippen LogP contribution >= 0.6 is 0 Å². The van der Waals surface area contributed by atoms with E-state index < -0.39 is 5.97 Å². The number of aromatic carboxylic acids is 1. The number of carboxylic acid groups (broad SMARTS) is 1. The summed E-state index contributed by atoms with van der Waals surface area (Å²) >= 11 is 0. The maximum atomic E-state index is 11.5. The summed E-state index contributed by atoms with van der Waals surface area (Å²) in [4.78, 5) is 20.2. The van der Waals surface area contributed by atoms with Gasteiger partial charge in [-0.25, -0.2) is 4.79 Å². The number of hydrogen-bond donors (Lipinski definition) is 2. The minimum atomic E-state index is -0.952. The lowest BCUT2D eigenvalue weighted by Crippen LogP contribution is -2.36. The number of carboxylic acids is 1. The summed E-state index contributed by atoms with van der Waals surface area (Å²) < 4.78 is 0. The van der Waals surface area contributed by atoms with E-state index >= 15 is 0 Å². The minimum Gasteiger partial charge on any atom is -0.478 e. The lowest BCUT2D eigenvalue weighted by atomic mass is 9.92. The summed E-state index contributed by atoms with van der Waals surface area (Å²) in [5.41, 5.74) is 7.14. The van der Waals surface area contributed by atoms with Crippen LogP contribution in [0.4, 0.5) is 17.1 Å². The number of pyridine rings is 1. The zero-order valence-electron chi connectivity index (χ0n) is 20.5. The molecule has 1 aliphatic rings. The molecule has 0 bridgehead atoms. The first-order valence-electron chi connectivity index (χ1n) is 11.9. The number of likely N-dealkylation sites (N-methyl/N-ethyl adjacent to an activating group) is 1. The summed E-state index contributed by atoms with van der Waals surface area (Å²) in [6, 6.07) is 17.2. The number of fused-ring (bicyclic) bond motifs is 1. The quantitative estimate of drug-likeness (QED) is 0.472. The molecule has 0 amide bonds. The maximum Gasteiger partial charge on any atom is 0.337 e. The largest absolute Gasteiger partial charge is 0.478 e. The van der Waals surface area contributed by atoms with E-state index in [1.165, 1.54) is 40.3 Å². The molecule has 6 nitrogen and oxygen atoms in total. The van der Waals surface area contributed by atoms with Crippen molar-refractivity contribution in [3.63, 3.8) is 0 Å². The Morgan fingerprint density at radius 3 is 2.62 bits per heavy atom. The fraction of sp³-hybridized carbons (Fsp3) is 0.357. The Balaban J connectivity index is 1.52. The zero-order chi connectivity index (χ0) is 24.2. The van der Waals surface area contributed by atoms with Crippen molar-refractivity contribution in [2.45, 2.75) is 32.7 Å². The molecule has 3 aromatic rings. The van der Waals surface area contributed by atoms with E-state index in [4.69, 9.17) is 0 Å². The van der Waals surface area contributed by atoms with Gasteiger partial charge in [-0.1, -0.05) is 32.0 Å². The molecule has 4 rings (SSSR count). The molecule has 0 aliphatic carbocycles. The first-order valence-corrected chi connectivity index (χ1v) is 11.9. The van der Waals surface area contributed by atoms with Crippen molar-refractivity contribution in [2.24, 2.45) is 5.92 Å². The van der Waals surface area contributed by atoms with Crippen LogP contribution in [0.15, 0.2) is 60.9 Å². The van der Waals surface area contributed by atoms with Crippen LogP contribution < -0.4 is 10.2 Å². The summed E-state index contributed by atoms with van der Waals surface area (Å²) in [6.07, 6.45) is 5.17. The van der Waals surface area contributed by atoms with Gasteiger partial charge in [-0.05, 0) is 72.8 Å². The van der Waals surface area contributed by atoms with E-state index in [9.17, 15) is 9.90 Å².